The van der Waals surface area contributed by atoms with Crippen LogP contribution in [0.4, 0.5) is 18.9 Å². The zero-order valence-electron chi connectivity index (χ0n) is 17.8. The molecule has 33 heavy (non-hydrogen) atoms. The molecule has 0 bridgehead atoms. The average Bonchev–Trinajstić information content (AvgIpc) is 2.79. The highest BCUT2D eigenvalue weighted by molar-refractivity contribution is 7.89. The van der Waals surface area contributed by atoms with Crippen LogP contribution in [-0.2, 0) is 21.0 Å². The van der Waals surface area contributed by atoms with Crippen LogP contribution in [0.5, 0.6) is 11.5 Å². The number of rotatable bonds is 6. The number of sulfonamides is 1. The van der Waals surface area contributed by atoms with E-state index in [-0.39, 0.29) is 34.4 Å². The second kappa shape index (κ2) is 9.78. The van der Waals surface area contributed by atoms with Crippen LogP contribution < -0.4 is 14.8 Å². The molecule has 0 unspecified atom stereocenters. The molecule has 0 saturated carbocycles. The zero-order chi connectivity index (χ0) is 24.4. The molecule has 1 aliphatic rings. The van der Waals surface area contributed by atoms with Gasteiger partial charge in [0.15, 0.2) is 11.5 Å². The first-order chi connectivity index (χ1) is 15.5. The summed E-state index contributed by atoms with van der Waals surface area (Å²) in [6, 6.07) is 6.80. The van der Waals surface area contributed by atoms with E-state index in [1.54, 1.807) is 0 Å². The molecule has 0 aromatic heterocycles. The number of anilines is 1. The lowest BCUT2D eigenvalue weighted by Crippen LogP contribution is -2.43. The highest BCUT2D eigenvalue weighted by atomic mass is 35.5. The van der Waals surface area contributed by atoms with Crippen LogP contribution in [0, 0.1) is 5.92 Å². The standard InChI is InChI=1S/C21H22ClF3N2O5S/c1-31-18-8-6-15(11-19(18)32-2)33(29,30)27-9-3-4-13(12-27)20(28)26-17-10-14(21(23,24)25)5-7-16(17)22/h5-8,10-11,13H,3-4,9,12H2,1-2H3,(H,26,28)/t13-/m1/s1. The molecule has 3 rings (SSSR count). The maximum absolute atomic E-state index is 13.1. The summed E-state index contributed by atoms with van der Waals surface area (Å²) in [5.41, 5.74) is -1.14. The number of ether oxygens (including phenoxy) is 2. The number of halogens is 4. The van der Waals surface area contributed by atoms with Crippen LogP contribution in [0.15, 0.2) is 41.3 Å². The van der Waals surface area contributed by atoms with Crippen LogP contribution in [0.1, 0.15) is 18.4 Å². The van der Waals surface area contributed by atoms with Crippen LogP contribution in [0.3, 0.4) is 0 Å². The molecule has 1 amide bonds. The fraction of sp³-hybridized carbons (Fsp3) is 0.381. The van der Waals surface area contributed by atoms with Gasteiger partial charge in [0.1, 0.15) is 0 Å². The molecule has 1 N–H and O–H groups in total. The third-order valence-corrected chi connectivity index (χ3v) is 7.49. The van der Waals surface area contributed by atoms with E-state index in [0.29, 0.717) is 18.6 Å². The van der Waals surface area contributed by atoms with Crippen molar-refractivity contribution in [3.63, 3.8) is 0 Å². The molecule has 0 spiro atoms. The van der Waals surface area contributed by atoms with Crippen molar-refractivity contribution in [2.24, 2.45) is 5.92 Å². The number of methoxy groups -OCH3 is 2. The number of nitrogens with one attached hydrogen (secondary N) is 1. The lowest BCUT2D eigenvalue weighted by atomic mass is 9.98. The van der Waals surface area contributed by atoms with Gasteiger partial charge >= 0.3 is 6.18 Å². The van der Waals surface area contributed by atoms with E-state index in [1.807, 2.05) is 0 Å². The normalized spacial score (nSPS) is 17.5. The molecule has 180 valence electrons. The second-order valence-corrected chi connectivity index (χ2v) is 9.75. The Bertz CT molecular complexity index is 1140. The third-order valence-electron chi connectivity index (χ3n) is 5.30. The van der Waals surface area contributed by atoms with E-state index in [4.69, 9.17) is 21.1 Å². The number of amides is 1. The van der Waals surface area contributed by atoms with Gasteiger partial charge in [-0.05, 0) is 43.2 Å². The Morgan fingerprint density at radius 1 is 1.12 bits per heavy atom. The van der Waals surface area contributed by atoms with Gasteiger partial charge in [-0.3, -0.25) is 4.79 Å². The maximum Gasteiger partial charge on any atom is 0.416 e. The summed E-state index contributed by atoms with van der Waals surface area (Å²) in [6.45, 7) is 0.0733. The van der Waals surface area contributed by atoms with Crippen molar-refractivity contribution in [2.45, 2.75) is 23.9 Å². The molecule has 12 heteroatoms. The van der Waals surface area contributed by atoms with Crippen LogP contribution in [0.25, 0.3) is 0 Å². The van der Waals surface area contributed by atoms with Crippen molar-refractivity contribution >= 4 is 33.2 Å². The predicted octanol–water partition coefficient (Wildman–Crippen LogP) is 4.42. The van der Waals surface area contributed by atoms with Crippen molar-refractivity contribution in [3.05, 3.63) is 47.0 Å². The maximum atomic E-state index is 13.1. The number of hydrogen-bond acceptors (Lipinski definition) is 5. The number of hydrogen-bond donors (Lipinski definition) is 1. The Balaban J connectivity index is 1.78. The summed E-state index contributed by atoms with van der Waals surface area (Å²) in [5.74, 6) is -0.767. The summed E-state index contributed by atoms with van der Waals surface area (Å²) in [5, 5.41) is 2.35. The molecular formula is C21H22ClF3N2O5S. The fourth-order valence-corrected chi connectivity index (χ4v) is 5.24. The smallest absolute Gasteiger partial charge is 0.416 e. The van der Waals surface area contributed by atoms with E-state index in [1.165, 1.54) is 36.7 Å². The molecule has 2 aromatic rings. The summed E-state index contributed by atoms with van der Waals surface area (Å²) in [4.78, 5) is 12.7. The van der Waals surface area contributed by atoms with Gasteiger partial charge in [0, 0.05) is 19.2 Å². The van der Waals surface area contributed by atoms with E-state index >= 15 is 0 Å². The van der Waals surface area contributed by atoms with E-state index in [9.17, 15) is 26.4 Å². The number of nitrogens with zero attached hydrogens (tertiary/aromatic N) is 1. The van der Waals surface area contributed by atoms with Gasteiger partial charge in [-0.15, -0.1) is 0 Å². The van der Waals surface area contributed by atoms with Crippen LogP contribution in [-0.4, -0.2) is 45.9 Å². The molecule has 1 aliphatic heterocycles. The van der Waals surface area contributed by atoms with Crippen LogP contribution in [0.2, 0.25) is 5.02 Å². The Hall–Kier alpha value is -2.50. The van der Waals surface area contributed by atoms with Crippen molar-refractivity contribution < 1.29 is 35.9 Å². The first-order valence-corrected chi connectivity index (χ1v) is 11.7. The Morgan fingerprint density at radius 3 is 2.45 bits per heavy atom. The summed E-state index contributed by atoms with van der Waals surface area (Å²) < 4.78 is 76.7. The highest BCUT2D eigenvalue weighted by Gasteiger charge is 2.35. The monoisotopic (exact) mass is 506 g/mol. The molecule has 1 heterocycles. The lowest BCUT2D eigenvalue weighted by Gasteiger charge is -2.31. The summed E-state index contributed by atoms with van der Waals surface area (Å²) in [6.07, 6.45) is -3.82. The molecule has 0 radical (unpaired) electrons. The Morgan fingerprint density at radius 2 is 1.82 bits per heavy atom. The largest absolute Gasteiger partial charge is 0.493 e. The zero-order valence-corrected chi connectivity index (χ0v) is 19.4. The Labute approximate surface area is 194 Å². The quantitative estimate of drug-likeness (QED) is 0.627. The highest BCUT2D eigenvalue weighted by Crippen LogP contribution is 2.35. The summed E-state index contributed by atoms with van der Waals surface area (Å²) in [7, 11) is -1.14. The topological polar surface area (TPSA) is 84.9 Å². The van der Waals surface area contributed by atoms with Crippen molar-refractivity contribution in [1.82, 2.24) is 4.31 Å². The number of piperidine rings is 1. The van der Waals surface area contributed by atoms with Crippen molar-refractivity contribution in [2.75, 3.05) is 32.6 Å². The van der Waals surface area contributed by atoms with Crippen LogP contribution >= 0.6 is 11.6 Å². The molecule has 1 fully saturated rings. The fourth-order valence-electron chi connectivity index (χ4n) is 3.53. The first-order valence-electron chi connectivity index (χ1n) is 9.87. The minimum atomic E-state index is -4.60. The number of alkyl halides is 3. The molecular weight excluding hydrogens is 485 g/mol. The molecule has 1 atom stereocenters. The van der Waals surface area contributed by atoms with Gasteiger partial charge in [-0.25, -0.2) is 8.42 Å². The van der Waals surface area contributed by atoms with Gasteiger partial charge in [0.05, 0.1) is 41.3 Å². The van der Waals surface area contributed by atoms with Crippen molar-refractivity contribution in [3.8, 4) is 11.5 Å². The van der Waals surface area contributed by atoms with E-state index in [2.05, 4.69) is 5.32 Å². The molecule has 1 saturated heterocycles. The minimum Gasteiger partial charge on any atom is -0.493 e. The van der Waals surface area contributed by atoms with Gasteiger partial charge in [0.2, 0.25) is 15.9 Å². The SMILES string of the molecule is COc1ccc(S(=O)(=O)N2CCC[C@@H](C(=O)Nc3cc(C(F)(F)F)ccc3Cl)C2)cc1OC. The number of carbonyl (C=O) groups is 1. The summed E-state index contributed by atoms with van der Waals surface area (Å²) >= 11 is 5.95. The molecule has 2 aromatic carbocycles. The van der Waals surface area contributed by atoms with Crippen molar-refractivity contribution in [1.29, 1.82) is 0 Å². The number of benzene rings is 2. The van der Waals surface area contributed by atoms with Gasteiger partial charge in [-0.1, -0.05) is 11.6 Å². The van der Waals surface area contributed by atoms with Gasteiger partial charge in [0.25, 0.3) is 0 Å². The van der Waals surface area contributed by atoms with Gasteiger partial charge in [-0.2, -0.15) is 17.5 Å². The lowest BCUT2D eigenvalue weighted by molar-refractivity contribution is -0.137. The minimum absolute atomic E-state index is 0.0258. The second-order valence-electron chi connectivity index (χ2n) is 7.40. The first kappa shape index (κ1) is 25.1. The molecule has 0 aliphatic carbocycles. The predicted molar refractivity (Wildman–Crippen MR) is 116 cm³/mol. The number of carbonyl (C=O) groups excluding carboxylic acids is 1. The van der Waals surface area contributed by atoms with Gasteiger partial charge < -0.3 is 14.8 Å². The Kier molecular flexibility index (Phi) is 7.45. The molecule has 7 nitrogen and oxygen atoms in total. The third kappa shape index (κ3) is 5.53. The average molecular weight is 507 g/mol. The van der Waals surface area contributed by atoms with E-state index < -0.39 is 33.6 Å². The van der Waals surface area contributed by atoms with E-state index in [0.717, 1.165) is 18.2 Å².